The largest absolute Gasteiger partial charge is 0.394 e. The first-order valence-corrected chi connectivity index (χ1v) is 5.50. The molecule has 0 radical (unpaired) electrons. The molecule has 0 saturated carbocycles. The number of aliphatic hydroxyl groups excluding tert-OH is 5. The number of hydrogen-bond donors (Lipinski definition) is 6. The molecule has 0 aromatic rings. The Morgan fingerprint density at radius 2 is 1.79 bits per heavy atom. The van der Waals surface area contributed by atoms with Crippen molar-refractivity contribution in [3.8, 4) is 0 Å². The Hall–Kier alpha value is -1.30. The van der Waals surface area contributed by atoms with E-state index in [4.69, 9.17) is 9.84 Å². The molecule has 2 saturated heterocycles. The van der Waals surface area contributed by atoms with E-state index in [1.165, 1.54) is 0 Å². The van der Waals surface area contributed by atoms with Gasteiger partial charge in [-0.25, -0.2) is 4.79 Å². The van der Waals surface area contributed by atoms with E-state index in [1.807, 2.05) is 0 Å². The summed E-state index contributed by atoms with van der Waals surface area (Å²) in [7, 11) is 0. The summed E-state index contributed by atoms with van der Waals surface area (Å²) in [5, 5.41) is 49.0. The van der Waals surface area contributed by atoms with Crippen molar-refractivity contribution < 1.29 is 39.9 Å². The zero-order valence-electron chi connectivity index (χ0n) is 9.58. The normalized spacial score (nSPS) is 43.5. The molecule has 19 heavy (non-hydrogen) atoms. The molecule has 0 aliphatic carbocycles. The van der Waals surface area contributed by atoms with Gasteiger partial charge in [0.05, 0.1) is 6.61 Å². The number of nitrogens with one attached hydrogen (secondary N) is 1. The predicted octanol–water partition coefficient (Wildman–Crippen LogP) is -4.34. The highest BCUT2D eigenvalue weighted by Crippen LogP contribution is 2.27. The SMILES string of the molecule is O=C1NC(=O)N([C@@H]2O[C@H](CO)C(O)C2O)C(O)C1O. The Labute approximate surface area is 106 Å². The zero-order valence-corrected chi connectivity index (χ0v) is 9.58. The molecule has 108 valence electrons. The van der Waals surface area contributed by atoms with Gasteiger partial charge in [-0.2, -0.15) is 0 Å². The fraction of sp³-hybridized carbons (Fsp3) is 0.778. The number of ether oxygens (including phenoxy) is 1. The number of aliphatic hydroxyl groups is 5. The molecule has 3 amide bonds. The van der Waals surface area contributed by atoms with E-state index in [-0.39, 0.29) is 0 Å². The third kappa shape index (κ3) is 2.18. The van der Waals surface area contributed by atoms with Gasteiger partial charge in [-0.3, -0.25) is 15.0 Å². The Kier molecular flexibility index (Phi) is 3.71. The lowest BCUT2D eigenvalue weighted by atomic mass is 10.1. The van der Waals surface area contributed by atoms with Crippen LogP contribution in [0.1, 0.15) is 0 Å². The van der Waals surface area contributed by atoms with Gasteiger partial charge in [0.15, 0.2) is 18.6 Å². The molecular formula is C9H14N2O8. The summed E-state index contributed by atoms with van der Waals surface area (Å²) in [5.74, 6) is -1.08. The van der Waals surface area contributed by atoms with E-state index in [0.717, 1.165) is 0 Å². The summed E-state index contributed by atoms with van der Waals surface area (Å²) >= 11 is 0. The van der Waals surface area contributed by atoms with Crippen LogP contribution in [0, 0.1) is 0 Å². The van der Waals surface area contributed by atoms with E-state index in [9.17, 15) is 30.0 Å². The maximum Gasteiger partial charge on any atom is 0.328 e. The number of carbonyl (C=O) groups is 2. The first-order chi connectivity index (χ1) is 8.88. The van der Waals surface area contributed by atoms with E-state index in [1.54, 1.807) is 5.32 Å². The quantitative estimate of drug-likeness (QED) is 0.295. The number of imide groups is 1. The monoisotopic (exact) mass is 278 g/mol. The topological polar surface area (TPSA) is 160 Å². The van der Waals surface area contributed by atoms with Gasteiger partial charge in [0.2, 0.25) is 0 Å². The molecule has 0 bridgehead atoms. The van der Waals surface area contributed by atoms with Crippen LogP contribution in [-0.4, -0.2) is 85.8 Å². The molecule has 2 fully saturated rings. The lowest BCUT2D eigenvalue weighted by molar-refractivity contribution is -0.176. The average molecular weight is 278 g/mol. The fourth-order valence-corrected chi connectivity index (χ4v) is 2.03. The minimum atomic E-state index is -1.93. The van der Waals surface area contributed by atoms with Crippen molar-refractivity contribution in [2.45, 2.75) is 36.9 Å². The van der Waals surface area contributed by atoms with Gasteiger partial charge in [0.25, 0.3) is 5.91 Å². The molecule has 10 heteroatoms. The second kappa shape index (κ2) is 5.00. The van der Waals surface area contributed by atoms with Crippen molar-refractivity contribution in [2.75, 3.05) is 6.61 Å². The van der Waals surface area contributed by atoms with Crippen molar-refractivity contribution >= 4 is 11.9 Å². The van der Waals surface area contributed by atoms with Crippen LogP contribution in [-0.2, 0) is 9.53 Å². The van der Waals surface area contributed by atoms with Crippen LogP contribution < -0.4 is 5.32 Å². The third-order valence-electron chi connectivity index (χ3n) is 3.09. The van der Waals surface area contributed by atoms with Crippen LogP contribution in [0.2, 0.25) is 0 Å². The van der Waals surface area contributed by atoms with Gasteiger partial charge in [-0.05, 0) is 0 Å². The molecule has 6 N–H and O–H groups in total. The summed E-state index contributed by atoms with van der Waals surface area (Å²) in [6.07, 6.45) is -9.54. The van der Waals surface area contributed by atoms with Gasteiger partial charge in [-0.1, -0.05) is 0 Å². The molecule has 2 aliphatic rings. The van der Waals surface area contributed by atoms with Crippen LogP contribution in [0.25, 0.3) is 0 Å². The van der Waals surface area contributed by atoms with Crippen molar-refractivity contribution in [1.82, 2.24) is 10.2 Å². The standard InChI is InChI=1S/C9H14N2O8/c12-1-2-3(13)4(14)8(19-2)11-7(17)5(15)6(16)10-9(11)18/h2-5,7-8,12-15,17H,1H2,(H,10,16,18)/t2-,3?,4?,5?,7?,8-/m1/s1. The Bertz CT molecular complexity index is 390. The lowest BCUT2D eigenvalue weighted by Gasteiger charge is -2.38. The molecule has 6 atom stereocenters. The molecule has 2 heterocycles. The predicted molar refractivity (Wildman–Crippen MR) is 55.2 cm³/mol. The number of hydrogen-bond acceptors (Lipinski definition) is 8. The van der Waals surface area contributed by atoms with Gasteiger partial charge >= 0.3 is 6.03 Å². The molecule has 2 aliphatic heterocycles. The van der Waals surface area contributed by atoms with Crippen LogP contribution >= 0.6 is 0 Å². The Morgan fingerprint density at radius 3 is 2.32 bits per heavy atom. The van der Waals surface area contributed by atoms with Crippen molar-refractivity contribution in [1.29, 1.82) is 0 Å². The maximum absolute atomic E-state index is 11.6. The lowest BCUT2D eigenvalue weighted by Crippen LogP contribution is -2.67. The van der Waals surface area contributed by atoms with Gasteiger partial charge in [-0.15, -0.1) is 0 Å². The fourth-order valence-electron chi connectivity index (χ4n) is 2.03. The zero-order chi connectivity index (χ0) is 14.3. The van der Waals surface area contributed by atoms with Crippen LogP contribution in [0.15, 0.2) is 0 Å². The summed E-state index contributed by atoms with van der Waals surface area (Å²) in [5.41, 5.74) is 0. The molecule has 4 unspecified atom stereocenters. The minimum absolute atomic E-state index is 0.496. The first kappa shape index (κ1) is 14.1. The third-order valence-corrected chi connectivity index (χ3v) is 3.09. The van der Waals surface area contributed by atoms with Crippen molar-refractivity contribution in [3.05, 3.63) is 0 Å². The van der Waals surface area contributed by atoms with Crippen molar-refractivity contribution in [2.24, 2.45) is 0 Å². The number of urea groups is 1. The summed E-state index contributed by atoms with van der Waals surface area (Å²) in [4.78, 5) is 23.2. The maximum atomic E-state index is 11.6. The van der Waals surface area contributed by atoms with E-state index in [0.29, 0.717) is 4.90 Å². The Balaban J connectivity index is 2.21. The van der Waals surface area contributed by atoms with Gasteiger partial charge < -0.3 is 30.3 Å². The highest BCUT2D eigenvalue weighted by molar-refractivity contribution is 5.99. The molecule has 2 rings (SSSR count). The Morgan fingerprint density at radius 1 is 1.16 bits per heavy atom. The summed E-state index contributed by atoms with van der Waals surface area (Å²) < 4.78 is 5.03. The second-order valence-corrected chi connectivity index (χ2v) is 4.29. The second-order valence-electron chi connectivity index (χ2n) is 4.29. The van der Waals surface area contributed by atoms with E-state index >= 15 is 0 Å². The molecular weight excluding hydrogens is 264 g/mol. The molecule has 0 spiro atoms. The molecule has 0 aromatic heterocycles. The van der Waals surface area contributed by atoms with E-state index in [2.05, 4.69) is 0 Å². The van der Waals surface area contributed by atoms with Crippen LogP contribution in [0.3, 0.4) is 0 Å². The van der Waals surface area contributed by atoms with Crippen LogP contribution in [0.4, 0.5) is 4.79 Å². The minimum Gasteiger partial charge on any atom is -0.394 e. The first-order valence-electron chi connectivity index (χ1n) is 5.50. The van der Waals surface area contributed by atoms with Crippen molar-refractivity contribution in [3.63, 3.8) is 0 Å². The van der Waals surface area contributed by atoms with Gasteiger partial charge in [0.1, 0.15) is 18.3 Å². The number of amides is 3. The number of carbonyl (C=O) groups excluding carboxylic acids is 2. The van der Waals surface area contributed by atoms with Crippen LogP contribution in [0.5, 0.6) is 0 Å². The average Bonchev–Trinajstić information content (AvgIpc) is 2.64. The molecule has 0 aromatic carbocycles. The van der Waals surface area contributed by atoms with Gasteiger partial charge in [0, 0.05) is 0 Å². The number of nitrogens with zero attached hydrogens (tertiary/aromatic N) is 1. The highest BCUT2D eigenvalue weighted by atomic mass is 16.6. The summed E-state index contributed by atoms with van der Waals surface area (Å²) in [6, 6.07) is -1.09. The number of rotatable bonds is 2. The highest BCUT2D eigenvalue weighted by Gasteiger charge is 2.52. The van der Waals surface area contributed by atoms with E-state index < -0.39 is 55.4 Å². The smallest absolute Gasteiger partial charge is 0.328 e. The summed E-state index contributed by atoms with van der Waals surface area (Å²) in [6.45, 7) is -0.609. The molecule has 10 nitrogen and oxygen atoms in total.